The van der Waals surface area contributed by atoms with Gasteiger partial charge >= 0.3 is 0 Å². The zero-order chi connectivity index (χ0) is 14.0. The number of aromatic nitrogens is 2. The molecule has 0 fully saturated rings. The number of nitrogens with zero attached hydrogens (tertiary/aromatic N) is 2. The molecule has 8 heteroatoms. The topological polar surface area (TPSA) is 37.8 Å². The molecule has 100 valence electrons. The summed E-state index contributed by atoms with van der Waals surface area (Å²) in [6.45, 7) is 0. The summed E-state index contributed by atoms with van der Waals surface area (Å²) in [6, 6.07) is 4.77. The number of anilines is 2. The summed E-state index contributed by atoms with van der Waals surface area (Å²) in [5, 5.41) is 5.17. The highest BCUT2D eigenvalue weighted by Crippen LogP contribution is 2.35. The van der Waals surface area contributed by atoms with Gasteiger partial charge in [0, 0.05) is 11.1 Å². The highest BCUT2D eigenvalue weighted by atomic mass is 35.5. The van der Waals surface area contributed by atoms with Crippen LogP contribution in [0.3, 0.4) is 0 Å². The highest BCUT2D eigenvalue weighted by molar-refractivity contribution is 7.98. The number of hydrogen-bond donors (Lipinski definition) is 1. The Bertz CT molecular complexity index is 598. The molecule has 0 atom stereocenters. The van der Waals surface area contributed by atoms with Crippen LogP contribution in [0.1, 0.15) is 0 Å². The molecule has 1 N–H and O–H groups in total. The van der Waals surface area contributed by atoms with Crippen LogP contribution >= 0.6 is 58.2 Å². The van der Waals surface area contributed by atoms with E-state index < -0.39 is 0 Å². The van der Waals surface area contributed by atoms with E-state index in [4.69, 9.17) is 46.4 Å². The summed E-state index contributed by atoms with van der Waals surface area (Å²) in [5.41, 5.74) is 0.523. The maximum absolute atomic E-state index is 6.09. The molecule has 0 spiro atoms. The van der Waals surface area contributed by atoms with Crippen LogP contribution in [0, 0.1) is 0 Å². The second-order valence-corrected chi connectivity index (χ2v) is 5.84. The van der Waals surface area contributed by atoms with Crippen LogP contribution in [0.5, 0.6) is 0 Å². The fourth-order valence-corrected chi connectivity index (χ4v) is 2.87. The minimum atomic E-state index is 0.336. The largest absolute Gasteiger partial charge is 0.338 e. The molecule has 0 unspecified atom stereocenters. The average molecular weight is 355 g/mol. The number of rotatable bonds is 3. The summed E-state index contributed by atoms with van der Waals surface area (Å²) in [4.78, 5) is 8.30. The van der Waals surface area contributed by atoms with E-state index in [-0.39, 0.29) is 0 Å². The van der Waals surface area contributed by atoms with E-state index in [1.165, 1.54) is 11.8 Å². The van der Waals surface area contributed by atoms with Crippen molar-refractivity contribution >= 4 is 69.7 Å². The third-order valence-electron chi connectivity index (χ3n) is 2.12. The molecule has 1 heterocycles. The van der Waals surface area contributed by atoms with Gasteiger partial charge in [-0.05, 0) is 18.4 Å². The quantitative estimate of drug-likeness (QED) is 0.445. The molecule has 0 radical (unpaired) electrons. The van der Waals surface area contributed by atoms with Crippen LogP contribution in [0.15, 0.2) is 23.4 Å². The van der Waals surface area contributed by atoms with E-state index in [9.17, 15) is 0 Å². The van der Waals surface area contributed by atoms with E-state index in [1.807, 2.05) is 6.26 Å². The Morgan fingerprint density at radius 2 is 1.63 bits per heavy atom. The zero-order valence-electron chi connectivity index (χ0n) is 9.55. The lowest BCUT2D eigenvalue weighted by Crippen LogP contribution is -1.98. The normalized spacial score (nSPS) is 10.6. The lowest BCUT2D eigenvalue weighted by atomic mass is 10.3. The molecule has 2 aromatic rings. The molecule has 0 bridgehead atoms. The summed E-state index contributed by atoms with van der Waals surface area (Å²) in [5.74, 6) is 0.510. The number of halogens is 4. The predicted octanol–water partition coefficient (Wildman–Crippen LogP) is 5.56. The van der Waals surface area contributed by atoms with Crippen molar-refractivity contribution < 1.29 is 0 Å². The van der Waals surface area contributed by atoms with Crippen molar-refractivity contribution in [2.75, 3.05) is 11.6 Å². The first kappa shape index (κ1) is 15.0. The Labute approximate surface area is 134 Å². The number of nitrogens with one attached hydrogen (secondary N) is 1. The third-order valence-corrected chi connectivity index (χ3v) is 3.67. The van der Waals surface area contributed by atoms with Gasteiger partial charge in [0.25, 0.3) is 0 Å². The van der Waals surface area contributed by atoms with E-state index >= 15 is 0 Å². The lowest BCUT2D eigenvalue weighted by molar-refractivity contribution is 0.976. The molecular formula is C11H7Cl4N3S. The standard InChI is InChI=1S/C11H7Cl4N3S/c1-19-11-16-8(15)4-9(18-11)17-10-6(13)2-5(12)3-7(10)14/h2-4H,1H3,(H,16,17,18). The second kappa shape index (κ2) is 6.37. The minimum absolute atomic E-state index is 0.336. The van der Waals surface area contributed by atoms with Crippen LogP contribution in [0.25, 0.3) is 0 Å². The fraction of sp³-hybridized carbons (Fsp3) is 0.0909. The Balaban J connectivity index is 2.39. The lowest BCUT2D eigenvalue weighted by Gasteiger charge is -2.11. The van der Waals surface area contributed by atoms with Crippen molar-refractivity contribution in [2.24, 2.45) is 0 Å². The molecule has 1 aromatic carbocycles. The van der Waals surface area contributed by atoms with Gasteiger partial charge in [0.1, 0.15) is 11.0 Å². The van der Waals surface area contributed by atoms with E-state index in [2.05, 4.69) is 15.3 Å². The first-order valence-electron chi connectivity index (χ1n) is 4.99. The number of thioether (sulfide) groups is 1. The van der Waals surface area contributed by atoms with Crippen LogP contribution in [-0.4, -0.2) is 16.2 Å². The van der Waals surface area contributed by atoms with Gasteiger partial charge in [-0.15, -0.1) is 0 Å². The van der Waals surface area contributed by atoms with Gasteiger partial charge in [0.05, 0.1) is 15.7 Å². The molecule has 3 nitrogen and oxygen atoms in total. The van der Waals surface area contributed by atoms with Crippen LogP contribution in [0.2, 0.25) is 20.2 Å². The van der Waals surface area contributed by atoms with Gasteiger partial charge in [-0.1, -0.05) is 58.2 Å². The number of benzene rings is 1. The summed E-state index contributed by atoms with van der Waals surface area (Å²) < 4.78 is 0. The van der Waals surface area contributed by atoms with Crippen LogP contribution in [0.4, 0.5) is 11.5 Å². The monoisotopic (exact) mass is 353 g/mol. The first-order valence-corrected chi connectivity index (χ1v) is 7.73. The SMILES string of the molecule is CSc1nc(Cl)cc(Nc2c(Cl)cc(Cl)cc2Cl)n1. The molecule has 0 aliphatic carbocycles. The van der Waals surface area contributed by atoms with Crippen LogP contribution in [-0.2, 0) is 0 Å². The minimum Gasteiger partial charge on any atom is -0.338 e. The highest BCUT2D eigenvalue weighted by Gasteiger charge is 2.10. The molecular weight excluding hydrogens is 348 g/mol. The van der Waals surface area contributed by atoms with Crippen molar-refractivity contribution in [3.8, 4) is 0 Å². The van der Waals surface area contributed by atoms with E-state index in [0.29, 0.717) is 36.9 Å². The Morgan fingerprint density at radius 1 is 1.00 bits per heavy atom. The van der Waals surface area contributed by atoms with Gasteiger partial charge in [-0.2, -0.15) is 0 Å². The van der Waals surface area contributed by atoms with Crippen LogP contribution < -0.4 is 5.32 Å². The smallest absolute Gasteiger partial charge is 0.190 e. The Morgan fingerprint density at radius 3 is 2.21 bits per heavy atom. The number of hydrogen-bond acceptors (Lipinski definition) is 4. The van der Waals surface area contributed by atoms with Gasteiger partial charge in [-0.3, -0.25) is 0 Å². The molecule has 0 aliphatic rings. The van der Waals surface area contributed by atoms with Crippen molar-refractivity contribution in [3.05, 3.63) is 38.4 Å². The zero-order valence-corrected chi connectivity index (χ0v) is 13.4. The molecule has 19 heavy (non-hydrogen) atoms. The van der Waals surface area contributed by atoms with E-state index in [0.717, 1.165) is 0 Å². The first-order chi connectivity index (χ1) is 8.99. The van der Waals surface area contributed by atoms with E-state index in [1.54, 1.807) is 18.2 Å². The molecule has 0 saturated heterocycles. The molecule has 0 aliphatic heterocycles. The molecule has 0 amide bonds. The molecule has 2 rings (SSSR count). The van der Waals surface area contributed by atoms with Gasteiger partial charge < -0.3 is 5.32 Å². The summed E-state index contributed by atoms with van der Waals surface area (Å²) in [7, 11) is 0. The summed E-state index contributed by atoms with van der Waals surface area (Å²) in [6.07, 6.45) is 1.86. The maximum Gasteiger partial charge on any atom is 0.190 e. The Hall–Kier alpha value is -0.390. The van der Waals surface area contributed by atoms with Crippen molar-refractivity contribution in [3.63, 3.8) is 0 Å². The van der Waals surface area contributed by atoms with Crippen molar-refractivity contribution in [2.45, 2.75) is 5.16 Å². The third kappa shape index (κ3) is 3.80. The average Bonchev–Trinajstić information content (AvgIpc) is 2.33. The maximum atomic E-state index is 6.09. The molecule has 1 aromatic heterocycles. The fourth-order valence-electron chi connectivity index (χ4n) is 1.34. The Kier molecular flexibility index (Phi) is 5.03. The van der Waals surface area contributed by atoms with Gasteiger partial charge in [-0.25, -0.2) is 9.97 Å². The molecule has 0 saturated carbocycles. The van der Waals surface area contributed by atoms with Gasteiger partial charge in [0.15, 0.2) is 5.16 Å². The second-order valence-electron chi connectivity index (χ2n) is 3.43. The van der Waals surface area contributed by atoms with Crippen molar-refractivity contribution in [1.29, 1.82) is 0 Å². The summed E-state index contributed by atoms with van der Waals surface area (Å²) >= 11 is 25.3. The predicted molar refractivity (Wildman–Crippen MR) is 83.6 cm³/mol. The van der Waals surface area contributed by atoms with Crippen molar-refractivity contribution in [1.82, 2.24) is 9.97 Å². The van der Waals surface area contributed by atoms with Gasteiger partial charge in [0.2, 0.25) is 0 Å².